The van der Waals surface area contributed by atoms with Gasteiger partial charge in [-0.2, -0.15) is 11.8 Å². The fourth-order valence-electron chi connectivity index (χ4n) is 2.65. The molecule has 0 atom stereocenters. The Balaban J connectivity index is 0.00000338. The van der Waals surface area contributed by atoms with Gasteiger partial charge in [-0.15, -0.1) is 34.2 Å². The number of hydrogen-bond donors (Lipinski definition) is 1. The van der Waals surface area contributed by atoms with Gasteiger partial charge in [-0.1, -0.05) is 0 Å². The van der Waals surface area contributed by atoms with Gasteiger partial charge in [0.2, 0.25) is 5.91 Å². The van der Waals surface area contributed by atoms with Crippen LogP contribution in [0.15, 0.2) is 4.99 Å². The summed E-state index contributed by atoms with van der Waals surface area (Å²) in [6, 6.07) is 0. The van der Waals surface area contributed by atoms with Crippen LogP contribution in [0.2, 0.25) is 0 Å². The van der Waals surface area contributed by atoms with Gasteiger partial charge in [-0.05, 0) is 25.4 Å². The number of nitrogens with zero attached hydrogens (tertiary/aromatic N) is 6. The first-order valence-corrected chi connectivity index (χ1v) is 10.0. The molecule has 1 saturated heterocycles. The summed E-state index contributed by atoms with van der Waals surface area (Å²) in [6.45, 7) is 8.02. The molecule has 0 unspecified atom stereocenters. The predicted molar refractivity (Wildman–Crippen MR) is 117 cm³/mol. The van der Waals surface area contributed by atoms with Gasteiger partial charge in [0.25, 0.3) is 0 Å². The smallest absolute Gasteiger partial charge is 0.219 e. The number of aliphatic imine (C=N–C) groups is 1. The Hall–Kier alpha value is -1.04. The van der Waals surface area contributed by atoms with Crippen LogP contribution in [0.1, 0.15) is 25.0 Å². The maximum absolute atomic E-state index is 11.5. The number of halogens is 1. The zero-order valence-corrected chi connectivity index (χ0v) is 19.2. The molecule has 8 nitrogen and oxygen atoms in total. The van der Waals surface area contributed by atoms with Crippen LogP contribution in [-0.2, 0) is 18.4 Å². The van der Waals surface area contributed by atoms with Gasteiger partial charge < -0.3 is 19.7 Å². The molecular formula is C16H30IN7OS. The van der Waals surface area contributed by atoms with E-state index in [0.29, 0.717) is 6.54 Å². The SMILES string of the molecule is CSCCCNC(=NCc1nnc(C)n1C)N1CCN(C(C)=O)CC1.I. The van der Waals surface area contributed by atoms with E-state index in [9.17, 15) is 4.79 Å². The maximum atomic E-state index is 11.5. The first-order chi connectivity index (χ1) is 12.0. The number of piperazine rings is 1. The fourth-order valence-corrected chi connectivity index (χ4v) is 3.08. The number of aryl methyl sites for hydroxylation is 1. The highest BCUT2D eigenvalue weighted by molar-refractivity contribution is 14.0. The Morgan fingerprint density at radius 1 is 1.23 bits per heavy atom. The van der Waals surface area contributed by atoms with Crippen molar-refractivity contribution in [3.05, 3.63) is 11.6 Å². The molecule has 0 bridgehead atoms. The Bertz CT molecular complexity index is 599. The summed E-state index contributed by atoms with van der Waals surface area (Å²) in [5, 5.41) is 11.7. The van der Waals surface area contributed by atoms with E-state index in [4.69, 9.17) is 4.99 Å². The maximum Gasteiger partial charge on any atom is 0.219 e. The summed E-state index contributed by atoms with van der Waals surface area (Å²) in [6.07, 6.45) is 3.21. The molecule has 0 spiro atoms. The van der Waals surface area contributed by atoms with E-state index in [1.807, 2.05) is 35.2 Å². The van der Waals surface area contributed by atoms with Crippen molar-refractivity contribution < 1.29 is 4.79 Å². The molecule has 0 radical (unpaired) electrons. The topological polar surface area (TPSA) is 78.7 Å². The van der Waals surface area contributed by atoms with Gasteiger partial charge in [-0.3, -0.25) is 4.79 Å². The molecule has 26 heavy (non-hydrogen) atoms. The third kappa shape index (κ3) is 6.60. The van der Waals surface area contributed by atoms with Crippen molar-refractivity contribution in [2.24, 2.45) is 12.0 Å². The van der Waals surface area contributed by atoms with Crippen molar-refractivity contribution in [1.29, 1.82) is 0 Å². The van der Waals surface area contributed by atoms with Crippen LogP contribution in [0.4, 0.5) is 0 Å². The first-order valence-electron chi connectivity index (χ1n) is 8.65. The average molecular weight is 495 g/mol. The lowest BCUT2D eigenvalue weighted by Gasteiger charge is -2.36. The Labute approximate surface area is 177 Å². The summed E-state index contributed by atoms with van der Waals surface area (Å²) in [5.74, 6) is 3.89. The van der Waals surface area contributed by atoms with E-state index in [2.05, 4.69) is 26.7 Å². The van der Waals surface area contributed by atoms with E-state index in [-0.39, 0.29) is 29.9 Å². The number of carbonyl (C=O) groups excluding carboxylic acids is 1. The molecule has 1 N–H and O–H groups in total. The van der Waals surface area contributed by atoms with Crippen molar-refractivity contribution in [3.8, 4) is 0 Å². The summed E-state index contributed by atoms with van der Waals surface area (Å²) >= 11 is 1.85. The number of nitrogens with one attached hydrogen (secondary N) is 1. The Morgan fingerprint density at radius 2 is 1.88 bits per heavy atom. The lowest BCUT2D eigenvalue weighted by atomic mass is 10.3. The molecular weight excluding hydrogens is 465 g/mol. The Kier molecular flexibility index (Phi) is 10.3. The predicted octanol–water partition coefficient (Wildman–Crippen LogP) is 1.10. The van der Waals surface area contributed by atoms with Crippen molar-refractivity contribution in [1.82, 2.24) is 29.9 Å². The van der Waals surface area contributed by atoms with E-state index in [1.54, 1.807) is 6.92 Å². The number of thioether (sulfide) groups is 1. The third-order valence-corrected chi connectivity index (χ3v) is 5.08. The Morgan fingerprint density at radius 3 is 2.42 bits per heavy atom. The van der Waals surface area contributed by atoms with Gasteiger partial charge >= 0.3 is 0 Å². The van der Waals surface area contributed by atoms with Gasteiger partial charge in [0.1, 0.15) is 12.4 Å². The van der Waals surface area contributed by atoms with Crippen LogP contribution in [-0.4, -0.2) is 81.2 Å². The number of aromatic nitrogens is 3. The molecule has 0 aromatic carbocycles. The highest BCUT2D eigenvalue weighted by Gasteiger charge is 2.21. The molecule has 2 heterocycles. The molecule has 1 aromatic rings. The highest BCUT2D eigenvalue weighted by Crippen LogP contribution is 2.05. The van der Waals surface area contributed by atoms with Crippen molar-refractivity contribution in [3.63, 3.8) is 0 Å². The first kappa shape index (κ1) is 23.0. The number of carbonyl (C=O) groups is 1. The second-order valence-electron chi connectivity index (χ2n) is 6.13. The van der Waals surface area contributed by atoms with Crippen molar-refractivity contribution >= 4 is 47.6 Å². The van der Waals surface area contributed by atoms with Crippen LogP contribution in [0.3, 0.4) is 0 Å². The van der Waals surface area contributed by atoms with Crippen LogP contribution >= 0.6 is 35.7 Å². The van der Waals surface area contributed by atoms with Gasteiger partial charge in [0.05, 0.1) is 0 Å². The molecule has 1 fully saturated rings. The quantitative estimate of drug-likeness (QED) is 0.276. The number of guanidine groups is 1. The highest BCUT2D eigenvalue weighted by atomic mass is 127. The van der Waals surface area contributed by atoms with Gasteiger partial charge in [0.15, 0.2) is 11.8 Å². The second-order valence-corrected chi connectivity index (χ2v) is 7.11. The van der Waals surface area contributed by atoms with Gasteiger partial charge in [0, 0.05) is 46.7 Å². The summed E-state index contributed by atoms with van der Waals surface area (Å²) < 4.78 is 1.96. The number of rotatable bonds is 6. The summed E-state index contributed by atoms with van der Waals surface area (Å²) in [4.78, 5) is 20.4. The summed E-state index contributed by atoms with van der Waals surface area (Å²) in [7, 11) is 1.96. The lowest BCUT2D eigenvalue weighted by Crippen LogP contribution is -2.53. The average Bonchev–Trinajstić information content (AvgIpc) is 2.93. The minimum absolute atomic E-state index is 0. The lowest BCUT2D eigenvalue weighted by molar-refractivity contribution is -0.130. The van der Waals surface area contributed by atoms with E-state index in [0.717, 1.165) is 62.5 Å². The van der Waals surface area contributed by atoms with Crippen molar-refractivity contribution in [2.75, 3.05) is 44.7 Å². The largest absolute Gasteiger partial charge is 0.356 e. The zero-order chi connectivity index (χ0) is 18.2. The molecule has 2 rings (SSSR count). The van der Waals surface area contributed by atoms with Crippen LogP contribution < -0.4 is 5.32 Å². The summed E-state index contributed by atoms with van der Waals surface area (Å²) in [5.41, 5.74) is 0. The van der Waals surface area contributed by atoms with E-state index >= 15 is 0 Å². The number of amides is 1. The monoisotopic (exact) mass is 495 g/mol. The van der Waals surface area contributed by atoms with Crippen molar-refractivity contribution in [2.45, 2.75) is 26.8 Å². The van der Waals surface area contributed by atoms with E-state index in [1.165, 1.54) is 0 Å². The molecule has 1 aliphatic rings. The number of hydrogen-bond acceptors (Lipinski definition) is 5. The van der Waals surface area contributed by atoms with Crippen LogP contribution in [0, 0.1) is 6.92 Å². The second kappa shape index (κ2) is 11.6. The standard InChI is InChI=1S/C16H29N7OS.HI/c1-13-19-20-15(21(13)3)12-18-16(17-6-5-11-25-4)23-9-7-22(8-10-23)14(2)24;/h5-12H2,1-4H3,(H,17,18);1H. The van der Waals surface area contributed by atoms with Gasteiger partial charge in [-0.25, -0.2) is 4.99 Å². The zero-order valence-electron chi connectivity index (χ0n) is 16.1. The normalized spacial score (nSPS) is 15.0. The molecule has 0 saturated carbocycles. The van der Waals surface area contributed by atoms with E-state index < -0.39 is 0 Å². The third-order valence-electron chi connectivity index (χ3n) is 4.39. The molecule has 1 amide bonds. The molecule has 10 heteroatoms. The fraction of sp³-hybridized carbons (Fsp3) is 0.750. The molecule has 1 aliphatic heterocycles. The minimum atomic E-state index is 0. The van der Waals surface area contributed by atoms with Crippen LogP contribution in [0.5, 0.6) is 0 Å². The molecule has 0 aliphatic carbocycles. The minimum Gasteiger partial charge on any atom is -0.356 e. The van der Waals surface area contributed by atoms with Crippen LogP contribution in [0.25, 0.3) is 0 Å². The molecule has 1 aromatic heterocycles. The molecule has 148 valence electrons.